The highest BCUT2D eigenvalue weighted by Gasteiger charge is 2.41. The molecule has 2 atom stereocenters. The number of nitrogens with zero attached hydrogens (tertiary/aromatic N) is 1. The molecule has 0 radical (unpaired) electrons. The van der Waals surface area contributed by atoms with E-state index in [2.05, 4.69) is 12.2 Å². The molecule has 0 bridgehead atoms. The molecule has 5 rings (SSSR count). The van der Waals surface area contributed by atoms with Crippen LogP contribution in [0.3, 0.4) is 0 Å². The topological polar surface area (TPSA) is 58.6 Å². The quantitative estimate of drug-likeness (QED) is 0.337. The van der Waals surface area contributed by atoms with Gasteiger partial charge >= 0.3 is 0 Å². The number of halogens is 1. The molecule has 0 saturated carbocycles. The zero-order valence-electron chi connectivity index (χ0n) is 21.9. The molecule has 0 saturated heterocycles. The molecule has 2 aliphatic rings. The number of allylic oxidation sites excluding steroid dienone is 1. The second-order valence-electron chi connectivity index (χ2n) is 10.0. The fraction of sp³-hybridized carbons (Fsp3) is 0.312. The summed E-state index contributed by atoms with van der Waals surface area (Å²) in [4.78, 5) is 29.7. The van der Waals surface area contributed by atoms with Gasteiger partial charge in [0.2, 0.25) is 5.91 Å². The van der Waals surface area contributed by atoms with Crippen LogP contribution in [0, 0.1) is 5.82 Å². The number of methoxy groups -OCH3 is 1. The summed E-state index contributed by atoms with van der Waals surface area (Å²) in [5, 5.41) is 3.54. The van der Waals surface area contributed by atoms with E-state index in [0.717, 1.165) is 47.5 Å². The molecule has 0 fully saturated rings. The number of hydrogen-bond acceptors (Lipinski definition) is 4. The van der Waals surface area contributed by atoms with Crippen molar-refractivity contribution >= 4 is 23.1 Å². The van der Waals surface area contributed by atoms with E-state index >= 15 is 0 Å². The molecule has 0 aromatic heterocycles. The Labute approximate surface area is 223 Å². The number of nitrogens with one attached hydrogen (secondary N) is 1. The van der Waals surface area contributed by atoms with Crippen molar-refractivity contribution in [3.8, 4) is 5.75 Å². The van der Waals surface area contributed by atoms with Crippen LogP contribution >= 0.6 is 0 Å². The normalized spacial score (nSPS) is 18.8. The molecule has 1 N–H and O–H groups in total. The Morgan fingerprint density at radius 3 is 2.55 bits per heavy atom. The average Bonchev–Trinajstić information content (AvgIpc) is 3.08. The summed E-state index contributed by atoms with van der Waals surface area (Å²) in [7, 11) is 1.61. The lowest BCUT2D eigenvalue weighted by atomic mass is 9.78. The third kappa shape index (κ3) is 5.08. The van der Waals surface area contributed by atoms with Crippen LogP contribution in [0.2, 0.25) is 0 Å². The number of amides is 1. The second kappa shape index (κ2) is 11.2. The first kappa shape index (κ1) is 25.7. The van der Waals surface area contributed by atoms with Crippen molar-refractivity contribution in [2.75, 3.05) is 17.3 Å². The Balaban J connectivity index is 1.67. The lowest BCUT2D eigenvalue weighted by Gasteiger charge is -2.35. The van der Waals surface area contributed by atoms with Gasteiger partial charge in [0.1, 0.15) is 11.6 Å². The molecule has 6 heteroatoms. The van der Waals surface area contributed by atoms with Gasteiger partial charge in [-0.25, -0.2) is 4.39 Å². The van der Waals surface area contributed by atoms with Gasteiger partial charge in [-0.1, -0.05) is 56.2 Å². The van der Waals surface area contributed by atoms with Crippen LogP contribution in [0.4, 0.5) is 15.8 Å². The summed E-state index contributed by atoms with van der Waals surface area (Å²) in [6.45, 7) is 2.12. The first-order chi connectivity index (χ1) is 18.5. The van der Waals surface area contributed by atoms with Gasteiger partial charge in [-0.3, -0.25) is 14.5 Å². The molecular weight excluding hydrogens is 479 g/mol. The van der Waals surface area contributed by atoms with E-state index in [9.17, 15) is 14.0 Å². The number of para-hydroxylation sites is 2. The molecule has 3 aromatic rings. The molecule has 1 amide bonds. The van der Waals surface area contributed by atoms with E-state index < -0.39 is 6.04 Å². The summed E-state index contributed by atoms with van der Waals surface area (Å²) in [6.07, 6.45) is 4.05. The predicted octanol–water partition coefficient (Wildman–Crippen LogP) is 7.32. The molecule has 3 aromatic carbocycles. The minimum absolute atomic E-state index is 0.0114. The highest BCUT2D eigenvalue weighted by Crippen LogP contribution is 2.48. The third-order valence-electron chi connectivity index (χ3n) is 7.50. The van der Waals surface area contributed by atoms with Crippen LogP contribution in [-0.4, -0.2) is 18.8 Å². The van der Waals surface area contributed by atoms with Crippen LogP contribution in [0.15, 0.2) is 84.1 Å². The van der Waals surface area contributed by atoms with Crippen molar-refractivity contribution in [2.24, 2.45) is 0 Å². The Morgan fingerprint density at radius 1 is 1.00 bits per heavy atom. The second-order valence-corrected chi connectivity index (χ2v) is 10.0. The van der Waals surface area contributed by atoms with Crippen LogP contribution in [-0.2, 0) is 9.59 Å². The highest BCUT2D eigenvalue weighted by molar-refractivity contribution is 6.06. The minimum Gasteiger partial charge on any atom is -0.497 e. The molecule has 0 spiro atoms. The Kier molecular flexibility index (Phi) is 7.59. The molecule has 1 aliphatic carbocycles. The number of anilines is 2. The van der Waals surface area contributed by atoms with E-state index in [-0.39, 0.29) is 23.4 Å². The van der Waals surface area contributed by atoms with Gasteiger partial charge in [0.25, 0.3) is 0 Å². The predicted molar refractivity (Wildman–Crippen MR) is 148 cm³/mol. The van der Waals surface area contributed by atoms with Crippen LogP contribution < -0.4 is 15.0 Å². The van der Waals surface area contributed by atoms with Crippen molar-refractivity contribution in [1.82, 2.24) is 0 Å². The molecular formula is C32H33FN2O3. The van der Waals surface area contributed by atoms with E-state index in [1.807, 2.05) is 53.4 Å². The Bertz CT molecular complexity index is 1370. The number of benzene rings is 3. The van der Waals surface area contributed by atoms with Crippen molar-refractivity contribution < 1.29 is 18.7 Å². The number of ketones is 1. The summed E-state index contributed by atoms with van der Waals surface area (Å²) in [6, 6.07) is 21.2. The van der Waals surface area contributed by atoms with Gasteiger partial charge in [-0.15, -0.1) is 0 Å². The van der Waals surface area contributed by atoms with Crippen LogP contribution in [0.5, 0.6) is 5.75 Å². The Hall–Kier alpha value is -3.93. The third-order valence-corrected chi connectivity index (χ3v) is 7.50. The molecule has 0 unspecified atom stereocenters. The average molecular weight is 513 g/mol. The molecule has 38 heavy (non-hydrogen) atoms. The SMILES string of the molecule is CCCCCC(=O)N1c2ccccc2NC2=C(C(=O)C[C@H](c3ccc(F)cc3)C2)[C@H]1c1cccc(OC)c1. The van der Waals surface area contributed by atoms with Gasteiger partial charge < -0.3 is 10.1 Å². The Morgan fingerprint density at radius 2 is 1.79 bits per heavy atom. The fourth-order valence-corrected chi connectivity index (χ4v) is 5.61. The maximum absolute atomic E-state index is 14.0. The number of ether oxygens (including phenoxy) is 1. The summed E-state index contributed by atoms with van der Waals surface area (Å²) in [5.41, 5.74) is 4.71. The van der Waals surface area contributed by atoms with Crippen molar-refractivity contribution in [1.29, 1.82) is 0 Å². The van der Waals surface area contributed by atoms with Crippen molar-refractivity contribution in [2.45, 2.75) is 57.4 Å². The van der Waals surface area contributed by atoms with E-state index in [1.54, 1.807) is 19.2 Å². The van der Waals surface area contributed by atoms with Crippen molar-refractivity contribution in [3.05, 3.63) is 101 Å². The zero-order chi connectivity index (χ0) is 26.6. The number of fused-ring (bicyclic) bond motifs is 1. The van der Waals surface area contributed by atoms with E-state index in [0.29, 0.717) is 30.6 Å². The highest BCUT2D eigenvalue weighted by atomic mass is 19.1. The molecule has 5 nitrogen and oxygen atoms in total. The summed E-state index contributed by atoms with van der Waals surface area (Å²) >= 11 is 0. The standard InChI is InChI=1S/C32H33FN2O3/c1-3-4-5-13-30(37)35-28-12-7-6-11-26(28)34-27-19-23(21-14-16-24(33)17-15-21)20-29(36)31(27)32(35)22-9-8-10-25(18-22)38-2/h6-12,14-18,23,32,34H,3-5,13,19-20H2,1-2H3/t23-,32-/m1/s1. The van der Waals surface area contributed by atoms with Gasteiger partial charge in [0.05, 0.1) is 24.5 Å². The zero-order valence-corrected chi connectivity index (χ0v) is 21.9. The number of unbranched alkanes of at least 4 members (excludes halogenated alkanes) is 2. The molecule has 1 heterocycles. The van der Waals surface area contributed by atoms with Crippen molar-refractivity contribution in [3.63, 3.8) is 0 Å². The number of carbonyl (C=O) groups excluding carboxylic acids is 2. The van der Waals surface area contributed by atoms with Crippen LogP contribution in [0.1, 0.15) is 68.5 Å². The summed E-state index contributed by atoms with van der Waals surface area (Å²) in [5.74, 6) is 0.260. The number of hydrogen-bond donors (Lipinski definition) is 1. The van der Waals surface area contributed by atoms with E-state index in [4.69, 9.17) is 4.74 Å². The monoisotopic (exact) mass is 512 g/mol. The minimum atomic E-state index is -0.591. The molecule has 1 aliphatic heterocycles. The smallest absolute Gasteiger partial charge is 0.227 e. The first-order valence-electron chi connectivity index (χ1n) is 13.3. The lowest BCUT2D eigenvalue weighted by molar-refractivity contribution is -0.119. The number of Topliss-reactive ketones (excluding diaryl/α,β-unsaturated/α-hetero) is 1. The van der Waals surface area contributed by atoms with Gasteiger partial charge in [-0.2, -0.15) is 0 Å². The maximum Gasteiger partial charge on any atom is 0.227 e. The fourth-order valence-electron chi connectivity index (χ4n) is 5.61. The lowest BCUT2D eigenvalue weighted by Crippen LogP contribution is -2.38. The van der Waals surface area contributed by atoms with Gasteiger partial charge in [0.15, 0.2) is 5.78 Å². The van der Waals surface area contributed by atoms with Crippen LogP contribution in [0.25, 0.3) is 0 Å². The summed E-state index contributed by atoms with van der Waals surface area (Å²) < 4.78 is 19.1. The molecule has 196 valence electrons. The first-order valence-corrected chi connectivity index (χ1v) is 13.3. The largest absolute Gasteiger partial charge is 0.497 e. The number of carbonyl (C=O) groups is 2. The number of rotatable bonds is 7. The maximum atomic E-state index is 14.0. The van der Waals surface area contributed by atoms with Gasteiger partial charge in [0, 0.05) is 24.1 Å². The van der Waals surface area contributed by atoms with E-state index in [1.165, 1.54) is 12.1 Å². The van der Waals surface area contributed by atoms with Gasteiger partial charge in [-0.05, 0) is 66.3 Å².